The van der Waals surface area contributed by atoms with Crippen LogP contribution in [-0.4, -0.2) is 28.4 Å². The normalized spacial score (nSPS) is 12.1. The van der Waals surface area contributed by atoms with E-state index in [0.29, 0.717) is 5.56 Å². The molecule has 3 aromatic carbocycles. The number of ether oxygens (including phenoxy) is 1. The molecule has 0 aliphatic rings. The van der Waals surface area contributed by atoms with Crippen LogP contribution in [0.25, 0.3) is 33.3 Å². The maximum absolute atomic E-state index is 13.6. The molecule has 0 bridgehead atoms. The number of phenols is 3. The summed E-state index contributed by atoms with van der Waals surface area (Å²) in [6.45, 7) is 0. The fourth-order valence-corrected chi connectivity index (χ4v) is 4.59. The smallest absolute Gasteiger partial charge is 0.306 e. The first-order valence-corrected chi connectivity index (χ1v) is 11.7. The molecule has 2 heterocycles. The lowest BCUT2D eigenvalue weighted by atomic mass is 9.86. The minimum atomic E-state index is -1.33. The van der Waals surface area contributed by atoms with Crippen LogP contribution in [0.5, 0.6) is 17.2 Å². The monoisotopic (exact) mass is 534 g/mol. The van der Waals surface area contributed by atoms with Gasteiger partial charge in [-0.2, -0.15) is 0 Å². The van der Waals surface area contributed by atoms with E-state index < -0.39 is 51.8 Å². The van der Waals surface area contributed by atoms with E-state index >= 15 is 0 Å². The molecule has 2 aromatic heterocycles. The molecule has 9 nitrogen and oxygen atoms in total. The van der Waals surface area contributed by atoms with Crippen LogP contribution < -0.4 is 10.9 Å². The number of carbonyl (C=O) groups is 1. The lowest BCUT2D eigenvalue weighted by Gasteiger charge is -2.20. The molecule has 0 radical (unpaired) electrons. The van der Waals surface area contributed by atoms with Crippen molar-refractivity contribution in [3.63, 3.8) is 0 Å². The Morgan fingerprint density at radius 3 is 2.45 bits per heavy atom. The largest absolute Gasteiger partial charge is 0.504 e. The molecule has 3 N–H and O–H groups in total. The van der Waals surface area contributed by atoms with Crippen molar-refractivity contribution < 1.29 is 33.7 Å². The number of halogens is 1. The lowest BCUT2D eigenvalue weighted by molar-refractivity contribution is -0.140. The standard InChI is InChI=1S/C28H19ClO9/c1-36-21(31)10-15(17-12-37-19-8-7-14(29)9-16(19)24(17)32)22-25(33)27(35)26(34)23-18(30)11-20(38-28(22)23)13-5-3-2-4-6-13/h2-9,11-12,15,33-35H,10H2,1H3/t15-/m0/s1. The van der Waals surface area contributed by atoms with Crippen LogP contribution in [0, 0.1) is 0 Å². The van der Waals surface area contributed by atoms with Gasteiger partial charge in [0.2, 0.25) is 5.75 Å². The van der Waals surface area contributed by atoms with Gasteiger partial charge >= 0.3 is 5.97 Å². The van der Waals surface area contributed by atoms with E-state index in [1.807, 2.05) is 0 Å². The summed E-state index contributed by atoms with van der Waals surface area (Å²) in [4.78, 5) is 39.2. The third-order valence-corrected chi connectivity index (χ3v) is 6.51. The Hall–Kier alpha value is -4.76. The molecule has 0 saturated heterocycles. The predicted octanol–water partition coefficient (Wildman–Crippen LogP) is 5.03. The van der Waals surface area contributed by atoms with Crippen molar-refractivity contribution in [3.05, 3.63) is 97.5 Å². The van der Waals surface area contributed by atoms with Crippen molar-refractivity contribution in [1.82, 2.24) is 0 Å². The van der Waals surface area contributed by atoms with Crippen molar-refractivity contribution >= 4 is 39.5 Å². The van der Waals surface area contributed by atoms with E-state index in [1.54, 1.807) is 30.3 Å². The topological polar surface area (TPSA) is 147 Å². The molecule has 0 fully saturated rings. The summed E-state index contributed by atoms with van der Waals surface area (Å²) in [6, 6.07) is 14.1. The highest BCUT2D eigenvalue weighted by molar-refractivity contribution is 6.31. The Bertz CT molecular complexity index is 1840. The van der Waals surface area contributed by atoms with Gasteiger partial charge < -0.3 is 28.9 Å². The zero-order valence-corrected chi connectivity index (χ0v) is 20.5. The quantitative estimate of drug-likeness (QED) is 0.208. The Balaban J connectivity index is 1.89. The SMILES string of the molecule is COC(=O)C[C@@H](c1coc2ccc(Cl)cc2c1=O)c1c(O)c(O)c(O)c2c(=O)cc(-c3ccccc3)oc12. The van der Waals surface area contributed by atoms with Gasteiger partial charge in [-0.05, 0) is 18.2 Å². The molecule has 10 heteroatoms. The molecule has 0 unspecified atom stereocenters. The van der Waals surface area contributed by atoms with Crippen LogP contribution in [-0.2, 0) is 9.53 Å². The zero-order valence-electron chi connectivity index (χ0n) is 19.7. The first-order chi connectivity index (χ1) is 18.2. The second-order valence-corrected chi connectivity index (χ2v) is 8.93. The Labute approximate surface area is 218 Å². The van der Waals surface area contributed by atoms with Crippen LogP contribution in [0.4, 0.5) is 0 Å². The van der Waals surface area contributed by atoms with E-state index in [2.05, 4.69) is 0 Å². The second kappa shape index (κ2) is 9.60. The van der Waals surface area contributed by atoms with Gasteiger partial charge in [-0.1, -0.05) is 41.9 Å². The predicted molar refractivity (Wildman–Crippen MR) is 139 cm³/mol. The highest BCUT2D eigenvalue weighted by atomic mass is 35.5. The number of fused-ring (bicyclic) bond motifs is 2. The van der Waals surface area contributed by atoms with Crippen LogP contribution >= 0.6 is 11.6 Å². The molecule has 5 aromatic rings. The molecule has 0 amide bonds. The van der Waals surface area contributed by atoms with Gasteiger partial charge in [0.1, 0.15) is 22.3 Å². The fraction of sp³-hybridized carbons (Fsp3) is 0.107. The van der Waals surface area contributed by atoms with E-state index in [4.69, 9.17) is 25.2 Å². The number of benzene rings is 3. The maximum Gasteiger partial charge on any atom is 0.306 e. The summed E-state index contributed by atoms with van der Waals surface area (Å²) < 4.78 is 16.4. The van der Waals surface area contributed by atoms with Crippen LogP contribution in [0.2, 0.25) is 5.02 Å². The first-order valence-electron chi connectivity index (χ1n) is 11.3. The summed E-state index contributed by atoms with van der Waals surface area (Å²) >= 11 is 6.08. The van der Waals surface area contributed by atoms with Crippen molar-refractivity contribution in [2.75, 3.05) is 7.11 Å². The van der Waals surface area contributed by atoms with Gasteiger partial charge in [-0.15, -0.1) is 0 Å². The summed E-state index contributed by atoms with van der Waals surface area (Å²) in [6.07, 6.45) is 0.597. The number of aromatic hydroxyl groups is 3. The Morgan fingerprint density at radius 2 is 1.74 bits per heavy atom. The van der Waals surface area contributed by atoms with Crippen LogP contribution in [0.3, 0.4) is 0 Å². The van der Waals surface area contributed by atoms with Crippen molar-refractivity contribution in [2.24, 2.45) is 0 Å². The molecule has 1 atom stereocenters. The molecule has 192 valence electrons. The molecular weight excluding hydrogens is 516 g/mol. The Morgan fingerprint density at radius 1 is 1.00 bits per heavy atom. The van der Waals surface area contributed by atoms with Gasteiger partial charge in [0.15, 0.2) is 22.4 Å². The maximum atomic E-state index is 13.6. The second-order valence-electron chi connectivity index (χ2n) is 8.50. The minimum absolute atomic E-state index is 0.0861. The molecular formula is C28H19ClO9. The van der Waals surface area contributed by atoms with E-state index in [1.165, 1.54) is 18.2 Å². The highest BCUT2D eigenvalue weighted by Gasteiger charge is 2.33. The summed E-state index contributed by atoms with van der Waals surface area (Å²) in [5.74, 6) is -4.84. The number of rotatable bonds is 5. The molecule has 38 heavy (non-hydrogen) atoms. The Kier molecular flexibility index (Phi) is 6.30. The van der Waals surface area contributed by atoms with Gasteiger partial charge in [-0.25, -0.2) is 0 Å². The third-order valence-electron chi connectivity index (χ3n) is 6.27. The van der Waals surface area contributed by atoms with Gasteiger partial charge in [-0.3, -0.25) is 14.4 Å². The number of hydrogen-bond acceptors (Lipinski definition) is 9. The average Bonchev–Trinajstić information content (AvgIpc) is 2.92. The number of phenolic OH excluding ortho intramolecular Hbond substituents is 3. The van der Waals surface area contributed by atoms with Crippen molar-refractivity contribution in [2.45, 2.75) is 12.3 Å². The number of methoxy groups -OCH3 is 1. The van der Waals surface area contributed by atoms with Crippen molar-refractivity contribution in [1.29, 1.82) is 0 Å². The molecule has 0 spiro atoms. The summed E-state index contributed by atoms with van der Waals surface area (Å²) in [5.41, 5.74) is -1.31. The molecule has 5 rings (SSSR count). The van der Waals surface area contributed by atoms with Crippen LogP contribution in [0.15, 0.2) is 79.3 Å². The number of esters is 1. The van der Waals surface area contributed by atoms with Gasteiger partial charge in [0, 0.05) is 33.7 Å². The number of hydrogen-bond donors (Lipinski definition) is 3. The summed E-state index contributed by atoms with van der Waals surface area (Å²) in [7, 11) is 1.14. The van der Waals surface area contributed by atoms with E-state index in [0.717, 1.165) is 19.4 Å². The third kappa shape index (κ3) is 4.12. The molecule has 0 aliphatic carbocycles. The highest BCUT2D eigenvalue weighted by Crippen LogP contribution is 2.49. The van der Waals surface area contributed by atoms with Gasteiger partial charge in [0.05, 0.1) is 25.2 Å². The van der Waals surface area contributed by atoms with Crippen molar-refractivity contribution in [3.8, 4) is 28.6 Å². The van der Waals surface area contributed by atoms with E-state index in [-0.39, 0.29) is 38.5 Å². The lowest BCUT2D eigenvalue weighted by Crippen LogP contribution is -2.19. The molecule has 0 aliphatic heterocycles. The summed E-state index contributed by atoms with van der Waals surface area (Å²) in [5, 5.41) is 32.0. The number of carbonyl (C=O) groups excluding carboxylic acids is 1. The van der Waals surface area contributed by atoms with Crippen LogP contribution in [0.1, 0.15) is 23.5 Å². The van der Waals surface area contributed by atoms with E-state index in [9.17, 15) is 29.7 Å². The zero-order chi connectivity index (χ0) is 27.1. The van der Waals surface area contributed by atoms with Gasteiger partial charge in [0.25, 0.3) is 0 Å². The first kappa shape index (κ1) is 24.9. The average molecular weight is 535 g/mol. The molecule has 0 saturated carbocycles. The fourth-order valence-electron chi connectivity index (χ4n) is 4.42. The minimum Gasteiger partial charge on any atom is -0.504 e.